The van der Waals surface area contributed by atoms with E-state index in [9.17, 15) is 5.11 Å². The van der Waals surface area contributed by atoms with Gasteiger partial charge in [-0.05, 0) is 38.5 Å². The molecule has 3 N–H and O–H groups in total. The molecule has 1 fully saturated rings. The Kier molecular flexibility index (Phi) is 6.40. The minimum atomic E-state index is -0.287. The number of pyridine rings is 1. The van der Waals surface area contributed by atoms with Crippen molar-refractivity contribution in [3.05, 3.63) is 35.8 Å². The van der Waals surface area contributed by atoms with Gasteiger partial charge >= 0.3 is 0 Å². The van der Waals surface area contributed by atoms with E-state index in [2.05, 4.69) is 55.2 Å². The summed E-state index contributed by atoms with van der Waals surface area (Å²) in [7, 11) is 0. The number of aromatic amines is 1. The number of H-pyrrole nitrogens is 1. The van der Waals surface area contributed by atoms with Gasteiger partial charge in [0.15, 0.2) is 5.65 Å². The van der Waals surface area contributed by atoms with Gasteiger partial charge in [-0.3, -0.25) is 4.68 Å². The van der Waals surface area contributed by atoms with E-state index in [4.69, 9.17) is 16.6 Å². The first-order valence-electron chi connectivity index (χ1n) is 11.9. The van der Waals surface area contributed by atoms with Gasteiger partial charge in [0.25, 0.3) is 0 Å². The zero-order valence-electron chi connectivity index (χ0n) is 19.2. The van der Waals surface area contributed by atoms with Crippen LogP contribution in [0.3, 0.4) is 0 Å². The molecule has 0 bridgehead atoms. The first-order chi connectivity index (χ1) is 16.0. The van der Waals surface area contributed by atoms with Gasteiger partial charge in [-0.1, -0.05) is 30.7 Å². The Morgan fingerprint density at radius 2 is 2.12 bits per heavy atom. The summed E-state index contributed by atoms with van der Waals surface area (Å²) in [5.74, 6) is 1.30. The highest BCUT2D eigenvalue weighted by atomic mass is 35.5. The highest BCUT2D eigenvalue weighted by molar-refractivity contribution is 6.34. The molecule has 0 spiro atoms. The minimum absolute atomic E-state index is 0.287. The molecule has 4 heterocycles. The molecule has 0 aromatic carbocycles. The number of aliphatic hydroxyl groups excluding tert-OH is 1. The molecule has 1 aliphatic carbocycles. The summed E-state index contributed by atoms with van der Waals surface area (Å²) in [6, 6.07) is 0.696. The number of nitrogens with zero attached hydrogens (tertiary/aromatic N) is 5. The molecule has 176 valence electrons. The van der Waals surface area contributed by atoms with Gasteiger partial charge in [0, 0.05) is 31.9 Å². The number of β-amino-alcohol motifs (C(OH)–C–C–N with tert-alkyl or cyclic N) is 1. The van der Waals surface area contributed by atoms with Crippen LogP contribution in [0.4, 0.5) is 5.69 Å². The van der Waals surface area contributed by atoms with Gasteiger partial charge in [0.1, 0.15) is 11.3 Å². The predicted molar refractivity (Wildman–Crippen MR) is 131 cm³/mol. The third kappa shape index (κ3) is 4.93. The third-order valence-electron chi connectivity index (χ3n) is 6.69. The number of likely N-dealkylation sites (tertiary alicyclic amines) is 1. The number of hydrogen-bond acceptors (Lipinski definition) is 6. The molecule has 8 nitrogen and oxygen atoms in total. The summed E-state index contributed by atoms with van der Waals surface area (Å²) >= 11 is 6.54. The molecule has 1 aliphatic heterocycles. The number of allylic oxidation sites excluding steroid dienone is 1. The number of imidazole rings is 1. The lowest BCUT2D eigenvalue weighted by Gasteiger charge is -2.32. The van der Waals surface area contributed by atoms with E-state index in [0.29, 0.717) is 28.7 Å². The van der Waals surface area contributed by atoms with E-state index in [-0.39, 0.29) is 6.10 Å². The Balaban J connectivity index is 1.34. The fourth-order valence-corrected chi connectivity index (χ4v) is 5.23. The van der Waals surface area contributed by atoms with Crippen molar-refractivity contribution >= 4 is 28.5 Å². The highest BCUT2D eigenvalue weighted by Crippen LogP contribution is 2.33. The molecular weight excluding hydrogens is 438 g/mol. The van der Waals surface area contributed by atoms with Crippen molar-refractivity contribution < 1.29 is 5.11 Å². The molecular formula is C24H32ClN7O. The van der Waals surface area contributed by atoms with Crippen molar-refractivity contribution in [1.82, 2.24) is 29.6 Å². The van der Waals surface area contributed by atoms with Gasteiger partial charge in [-0.2, -0.15) is 5.10 Å². The Labute approximate surface area is 199 Å². The number of piperidine rings is 1. The molecule has 0 saturated carbocycles. The Morgan fingerprint density at radius 3 is 2.88 bits per heavy atom. The van der Waals surface area contributed by atoms with Gasteiger partial charge in [0.05, 0.1) is 40.8 Å². The van der Waals surface area contributed by atoms with E-state index >= 15 is 0 Å². The molecule has 3 aromatic heterocycles. The zero-order chi connectivity index (χ0) is 22.9. The summed E-state index contributed by atoms with van der Waals surface area (Å²) in [5, 5.41) is 18.5. The Hall–Kier alpha value is -2.42. The van der Waals surface area contributed by atoms with Gasteiger partial charge in [-0.25, -0.2) is 9.97 Å². The fraction of sp³-hybridized carbons (Fsp3) is 0.542. The minimum Gasteiger partial charge on any atom is -0.392 e. The normalized spacial score (nSPS) is 23.3. The Bertz CT molecular complexity index is 1130. The molecule has 33 heavy (non-hydrogen) atoms. The molecule has 3 atom stereocenters. The maximum Gasteiger partial charge on any atom is 0.180 e. The van der Waals surface area contributed by atoms with Crippen molar-refractivity contribution in [3.63, 3.8) is 0 Å². The van der Waals surface area contributed by atoms with Crippen molar-refractivity contribution in [2.75, 3.05) is 25.0 Å². The number of fused-ring (bicyclic) bond motifs is 1. The first-order valence-corrected chi connectivity index (χ1v) is 12.3. The van der Waals surface area contributed by atoms with Crippen LogP contribution in [0.15, 0.2) is 30.7 Å². The summed E-state index contributed by atoms with van der Waals surface area (Å²) in [4.78, 5) is 14.9. The number of aromatic nitrogens is 5. The summed E-state index contributed by atoms with van der Waals surface area (Å²) in [6.45, 7) is 6.76. The number of anilines is 1. The second kappa shape index (κ2) is 9.44. The summed E-state index contributed by atoms with van der Waals surface area (Å²) in [5.41, 5.74) is 3.29. The number of halogens is 1. The maximum absolute atomic E-state index is 9.63. The van der Waals surface area contributed by atoms with Crippen LogP contribution in [0, 0.1) is 5.92 Å². The van der Waals surface area contributed by atoms with Crippen LogP contribution in [0.2, 0.25) is 5.02 Å². The van der Waals surface area contributed by atoms with Crippen molar-refractivity contribution in [2.45, 2.75) is 57.7 Å². The molecule has 1 saturated heterocycles. The molecule has 9 heteroatoms. The number of nitrogens with one attached hydrogen (secondary N) is 2. The van der Waals surface area contributed by atoms with Crippen molar-refractivity contribution in [3.8, 4) is 11.4 Å². The lowest BCUT2D eigenvalue weighted by molar-refractivity contribution is 0.0996. The Morgan fingerprint density at radius 1 is 1.30 bits per heavy atom. The molecule has 0 amide bonds. The van der Waals surface area contributed by atoms with Crippen molar-refractivity contribution in [2.24, 2.45) is 5.92 Å². The third-order valence-corrected chi connectivity index (χ3v) is 6.98. The molecule has 5 rings (SSSR count). The standard InChI is InChI=1S/C24H32ClN7O/c1-15-4-3-5-18(10-15)28-21-20(25)12-26-24-22(21)29-23(30-24)17-11-27-32(14-17)19-6-8-31(9-7-19)13-16(2)33/h3-4,11-12,14-16,18-19,33H,5-10,13H2,1-2H3,(H2,26,28,29,30). The predicted octanol–water partition coefficient (Wildman–Crippen LogP) is 4.26. The van der Waals surface area contributed by atoms with Gasteiger partial charge in [-0.15, -0.1) is 0 Å². The smallest absolute Gasteiger partial charge is 0.180 e. The zero-order valence-corrected chi connectivity index (χ0v) is 20.0. The van der Waals surface area contributed by atoms with E-state index in [1.165, 1.54) is 0 Å². The number of aliphatic hydroxyl groups is 1. The fourth-order valence-electron chi connectivity index (χ4n) is 5.03. The number of rotatable bonds is 6. The van der Waals surface area contributed by atoms with Gasteiger partial charge in [0.2, 0.25) is 0 Å². The lowest BCUT2D eigenvalue weighted by Crippen LogP contribution is -2.38. The van der Waals surface area contributed by atoms with Crippen LogP contribution in [0.5, 0.6) is 0 Å². The largest absolute Gasteiger partial charge is 0.392 e. The van der Waals surface area contributed by atoms with Crippen molar-refractivity contribution in [1.29, 1.82) is 0 Å². The molecule has 2 aliphatic rings. The highest BCUT2D eigenvalue weighted by Gasteiger charge is 2.23. The summed E-state index contributed by atoms with van der Waals surface area (Å²) in [6.07, 6.45) is 13.9. The maximum atomic E-state index is 9.63. The SMILES string of the molecule is CC(O)CN1CCC(n2cc(-c3nc4ncc(Cl)c(NC5CC=CC(C)C5)c4[nH]3)cn2)CC1. The van der Waals surface area contributed by atoms with E-state index in [1.54, 1.807) is 6.20 Å². The van der Waals surface area contributed by atoms with Crippen LogP contribution in [-0.2, 0) is 0 Å². The topological polar surface area (TPSA) is 94.9 Å². The number of hydrogen-bond donors (Lipinski definition) is 3. The average molecular weight is 470 g/mol. The van der Waals surface area contributed by atoms with Crippen LogP contribution in [-0.4, -0.2) is 66.5 Å². The average Bonchev–Trinajstić information content (AvgIpc) is 3.43. The van der Waals surface area contributed by atoms with Crippen LogP contribution in [0.25, 0.3) is 22.6 Å². The molecule has 3 unspecified atom stereocenters. The summed E-state index contributed by atoms with van der Waals surface area (Å²) < 4.78 is 2.05. The molecule has 3 aromatic rings. The monoisotopic (exact) mass is 469 g/mol. The second-order valence-electron chi connectivity index (χ2n) is 9.57. The van der Waals surface area contributed by atoms with Crippen LogP contribution >= 0.6 is 11.6 Å². The van der Waals surface area contributed by atoms with E-state index < -0.39 is 0 Å². The van der Waals surface area contributed by atoms with Crippen LogP contribution < -0.4 is 5.32 Å². The van der Waals surface area contributed by atoms with Gasteiger partial charge < -0.3 is 20.3 Å². The molecule has 0 radical (unpaired) electrons. The quantitative estimate of drug-likeness (QED) is 0.467. The van der Waals surface area contributed by atoms with E-state index in [0.717, 1.165) is 67.9 Å². The lowest BCUT2D eigenvalue weighted by atomic mass is 9.93. The first kappa shape index (κ1) is 22.4. The van der Waals surface area contributed by atoms with Crippen LogP contribution in [0.1, 0.15) is 45.6 Å². The van der Waals surface area contributed by atoms with E-state index in [1.807, 2.05) is 13.1 Å². The second-order valence-corrected chi connectivity index (χ2v) is 9.98.